The van der Waals surface area contributed by atoms with Crippen molar-refractivity contribution in [1.29, 1.82) is 0 Å². The molecule has 5 N–H and O–H groups in total. The van der Waals surface area contributed by atoms with E-state index < -0.39 is 20.0 Å². The fourth-order valence-electron chi connectivity index (χ4n) is 6.19. The summed E-state index contributed by atoms with van der Waals surface area (Å²) in [5, 5.41) is 13.8. The molecule has 0 heterocycles. The Morgan fingerprint density at radius 1 is 0.653 bits per heavy atom. The van der Waals surface area contributed by atoms with Crippen LogP contribution in [0.3, 0.4) is 0 Å². The van der Waals surface area contributed by atoms with E-state index in [4.69, 9.17) is 14.8 Å². The number of amides is 1. The number of rotatable bonds is 39. The smallest absolute Gasteiger partial charge is 0.391 e. The molecule has 0 radical (unpaired) electrons. The third-order valence-electron chi connectivity index (χ3n) is 9.37. The van der Waals surface area contributed by atoms with Crippen molar-refractivity contribution in [2.24, 2.45) is 5.73 Å². The number of phosphoric ester groups is 1. The number of carbonyl (C=O) groups excluding carboxylic acids is 1. The first kappa shape index (κ1) is 48.2. The van der Waals surface area contributed by atoms with Gasteiger partial charge in [-0.05, 0) is 38.5 Å². The summed E-state index contributed by atoms with van der Waals surface area (Å²) in [6.45, 7) is 4.20. The molecule has 0 bridgehead atoms. The third kappa shape index (κ3) is 35.4. The fraction of sp³-hybridized carbons (Fsp3) is 0.925. The summed E-state index contributed by atoms with van der Waals surface area (Å²) in [4.78, 5) is 22.7. The summed E-state index contributed by atoms with van der Waals surface area (Å²) >= 11 is 0. The normalized spacial score (nSPS) is 14.3. The zero-order valence-corrected chi connectivity index (χ0v) is 33.1. The predicted octanol–water partition coefficient (Wildman–Crippen LogP) is 11.2. The molecule has 3 unspecified atom stereocenters. The number of phosphoric acid groups is 1. The standard InChI is InChI=1S/C40H81N2O6P/c1-3-5-7-9-11-13-15-17-18-19-20-22-24-26-28-30-32-34-40(44)42-38(37-48-49(45,46)47-36-35-41)39(43)33-31-29-27-25-23-21-16-14-12-10-8-6-4-2/h17-18,38-39,43H,3-16,19-37,41H2,1-2H3,(H,42,44)(H,45,46)/b18-17-. The van der Waals surface area contributed by atoms with Gasteiger partial charge in [0.2, 0.25) is 5.91 Å². The maximum absolute atomic E-state index is 12.7. The van der Waals surface area contributed by atoms with Gasteiger partial charge in [0.25, 0.3) is 0 Å². The zero-order valence-electron chi connectivity index (χ0n) is 32.2. The molecule has 0 rings (SSSR count). The van der Waals surface area contributed by atoms with E-state index in [2.05, 4.69) is 31.3 Å². The molecule has 3 atom stereocenters. The summed E-state index contributed by atoms with van der Waals surface area (Å²) in [7, 11) is -4.31. The lowest BCUT2D eigenvalue weighted by molar-refractivity contribution is -0.123. The van der Waals surface area contributed by atoms with Crippen molar-refractivity contribution in [3.63, 3.8) is 0 Å². The molecule has 0 saturated carbocycles. The molecular weight excluding hydrogens is 635 g/mol. The molecule has 0 spiro atoms. The highest BCUT2D eigenvalue weighted by Crippen LogP contribution is 2.43. The number of hydrogen-bond acceptors (Lipinski definition) is 6. The first-order chi connectivity index (χ1) is 23.9. The number of aliphatic hydroxyl groups is 1. The van der Waals surface area contributed by atoms with Crippen LogP contribution in [0.5, 0.6) is 0 Å². The zero-order chi connectivity index (χ0) is 36.1. The summed E-state index contributed by atoms with van der Waals surface area (Å²) in [5.74, 6) is -0.165. The van der Waals surface area contributed by atoms with Crippen LogP contribution in [0, 0.1) is 0 Å². The van der Waals surface area contributed by atoms with Crippen molar-refractivity contribution >= 4 is 13.7 Å². The molecule has 49 heavy (non-hydrogen) atoms. The molecule has 292 valence electrons. The second kappa shape index (κ2) is 37.0. The Bertz CT molecular complexity index is 784. The Balaban J connectivity index is 4.17. The van der Waals surface area contributed by atoms with Crippen LogP contribution in [-0.4, -0.2) is 47.8 Å². The van der Waals surface area contributed by atoms with Crippen molar-refractivity contribution in [3.05, 3.63) is 12.2 Å². The predicted molar refractivity (Wildman–Crippen MR) is 208 cm³/mol. The Morgan fingerprint density at radius 3 is 1.51 bits per heavy atom. The van der Waals surface area contributed by atoms with E-state index in [1.807, 2.05) is 0 Å². The van der Waals surface area contributed by atoms with Crippen molar-refractivity contribution in [2.45, 2.75) is 219 Å². The van der Waals surface area contributed by atoms with Gasteiger partial charge in [0.15, 0.2) is 0 Å². The van der Waals surface area contributed by atoms with Crippen molar-refractivity contribution in [3.8, 4) is 0 Å². The molecule has 0 aromatic heterocycles. The Labute approximate surface area is 303 Å². The molecule has 8 nitrogen and oxygen atoms in total. The molecule has 0 aliphatic carbocycles. The largest absolute Gasteiger partial charge is 0.472 e. The molecule has 0 aromatic rings. The van der Waals surface area contributed by atoms with E-state index in [1.54, 1.807) is 0 Å². The van der Waals surface area contributed by atoms with Gasteiger partial charge in [0, 0.05) is 13.0 Å². The van der Waals surface area contributed by atoms with Crippen molar-refractivity contribution in [2.75, 3.05) is 19.8 Å². The van der Waals surface area contributed by atoms with Crippen LogP contribution in [-0.2, 0) is 18.4 Å². The lowest BCUT2D eigenvalue weighted by Gasteiger charge is -2.25. The topological polar surface area (TPSA) is 131 Å². The molecule has 0 aromatic carbocycles. The van der Waals surface area contributed by atoms with Gasteiger partial charge in [0.05, 0.1) is 25.4 Å². The van der Waals surface area contributed by atoms with E-state index in [1.165, 1.54) is 141 Å². The van der Waals surface area contributed by atoms with Crippen molar-refractivity contribution < 1.29 is 28.4 Å². The maximum atomic E-state index is 12.7. The number of unbranched alkanes of at least 4 members (excludes halogenated alkanes) is 25. The highest BCUT2D eigenvalue weighted by atomic mass is 31.2. The van der Waals surface area contributed by atoms with Crippen LogP contribution in [0.25, 0.3) is 0 Å². The fourth-order valence-corrected chi connectivity index (χ4v) is 6.95. The highest BCUT2D eigenvalue weighted by Gasteiger charge is 2.27. The minimum absolute atomic E-state index is 0.0897. The Morgan fingerprint density at radius 2 is 1.06 bits per heavy atom. The Kier molecular flexibility index (Phi) is 36.4. The van der Waals surface area contributed by atoms with Crippen molar-refractivity contribution in [1.82, 2.24) is 5.32 Å². The molecule has 0 saturated heterocycles. The van der Waals surface area contributed by atoms with E-state index in [0.29, 0.717) is 12.8 Å². The van der Waals surface area contributed by atoms with Gasteiger partial charge in [-0.3, -0.25) is 13.8 Å². The van der Waals surface area contributed by atoms with E-state index in [0.717, 1.165) is 38.5 Å². The van der Waals surface area contributed by atoms with Gasteiger partial charge in [-0.1, -0.05) is 174 Å². The van der Waals surface area contributed by atoms with Gasteiger partial charge in [-0.25, -0.2) is 4.57 Å². The summed E-state index contributed by atoms with van der Waals surface area (Å²) in [6.07, 6.45) is 39.2. The van der Waals surface area contributed by atoms with Crippen LogP contribution in [0.4, 0.5) is 0 Å². The average Bonchev–Trinajstić information content (AvgIpc) is 3.09. The number of nitrogens with two attached hydrogens (primary N) is 1. The first-order valence-corrected chi connectivity index (χ1v) is 22.3. The second-order valence-electron chi connectivity index (χ2n) is 14.2. The van der Waals surface area contributed by atoms with Gasteiger partial charge < -0.3 is 21.1 Å². The quantitative estimate of drug-likeness (QED) is 0.0283. The minimum Gasteiger partial charge on any atom is -0.391 e. The van der Waals surface area contributed by atoms with Crippen LogP contribution < -0.4 is 11.1 Å². The van der Waals surface area contributed by atoms with Crippen LogP contribution in [0.1, 0.15) is 206 Å². The summed E-state index contributed by atoms with van der Waals surface area (Å²) < 4.78 is 22.1. The van der Waals surface area contributed by atoms with Gasteiger partial charge >= 0.3 is 7.82 Å². The number of aliphatic hydroxyl groups excluding tert-OH is 1. The minimum atomic E-state index is -4.31. The number of carbonyl (C=O) groups is 1. The summed E-state index contributed by atoms with van der Waals surface area (Å²) in [6, 6.07) is -0.772. The molecular formula is C40H81N2O6P. The van der Waals surface area contributed by atoms with Gasteiger partial charge in [-0.15, -0.1) is 0 Å². The SMILES string of the molecule is CCCCCCCC/C=C\CCCCCCCCCC(=O)NC(COP(=O)(O)OCCN)C(O)CCCCCCCCCCCCCCC. The van der Waals surface area contributed by atoms with Gasteiger partial charge in [-0.2, -0.15) is 0 Å². The molecule has 0 aliphatic heterocycles. The first-order valence-electron chi connectivity index (χ1n) is 20.8. The number of allylic oxidation sites excluding steroid dienone is 2. The van der Waals surface area contributed by atoms with E-state index >= 15 is 0 Å². The maximum Gasteiger partial charge on any atom is 0.472 e. The molecule has 9 heteroatoms. The second-order valence-corrected chi connectivity index (χ2v) is 15.7. The molecule has 0 fully saturated rings. The number of nitrogens with one attached hydrogen (secondary N) is 1. The lowest BCUT2D eigenvalue weighted by Crippen LogP contribution is -2.46. The summed E-state index contributed by atoms with van der Waals surface area (Å²) in [5.41, 5.74) is 5.37. The van der Waals surface area contributed by atoms with Crippen LogP contribution in [0.2, 0.25) is 0 Å². The Hall–Kier alpha value is -0.760. The van der Waals surface area contributed by atoms with E-state index in [-0.39, 0.29) is 25.7 Å². The highest BCUT2D eigenvalue weighted by molar-refractivity contribution is 7.47. The molecule has 1 amide bonds. The lowest BCUT2D eigenvalue weighted by atomic mass is 10.0. The molecule has 0 aliphatic rings. The van der Waals surface area contributed by atoms with Gasteiger partial charge in [0.1, 0.15) is 0 Å². The van der Waals surface area contributed by atoms with E-state index in [9.17, 15) is 19.4 Å². The number of hydrogen-bond donors (Lipinski definition) is 4. The van der Waals surface area contributed by atoms with Crippen LogP contribution >= 0.6 is 7.82 Å². The monoisotopic (exact) mass is 717 g/mol. The average molecular weight is 717 g/mol. The third-order valence-corrected chi connectivity index (χ3v) is 10.4. The van der Waals surface area contributed by atoms with Crippen LogP contribution in [0.15, 0.2) is 12.2 Å².